The van der Waals surface area contributed by atoms with E-state index >= 15 is 0 Å². The Bertz CT molecular complexity index is 1310. The van der Waals surface area contributed by atoms with Gasteiger partial charge < -0.3 is 19.4 Å². The van der Waals surface area contributed by atoms with E-state index in [0.717, 1.165) is 16.9 Å². The number of anilines is 2. The molecule has 0 radical (unpaired) electrons. The number of carbonyl (C=O) groups is 2. The molecular formula is C24H24N6O3. The molecule has 1 atom stereocenters. The van der Waals surface area contributed by atoms with Crippen molar-refractivity contribution in [3.05, 3.63) is 72.4 Å². The predicted molar refractivity (Wildman–Crippen MR) is 123 cm³/mol. The van der Waals surface area contributed by atoms with Crippen LogP contribution in [0.3, 0.4) is 0 Å². The van der Waals surface area contributed by atoms with E-state index in [1.54, 1.807) is 29.1 Å². The van der Waals surface area contributed by atoms with Gasteiger partial charge in [-0.05, 0) is 36.8 Å². The van der Waals surface area contributed by atoms with Crippen LogP contribution in [0.2, 0.25) is 0 Å². The van der Waals surface area contributed by atoms with Gasteiger partial charge in [-0.3, -0.25) is 14.3 Å². The first kappa shape index (κ1) is 20.7. The Morgan fingerprint density at radius 2 is 2.12 bits per heavy atom. The van der Waals surface area contributed by atoms with E-state index in [2.05, 4.69) is 15.4 Å². The van der Waals surface area contributed by atoms with Crippen molar-refractivity contribution in [2.24, 2.45) is 5.92 Å². The highest BCUT2D eigenvalue weighted by Crippen LogP contribution is 2.34. The van der Waals surface area contributed by atoms with Gasteiger partial charge in [0.1, 0.15) is 11.4 Å². The van der Waals surface area contributed by atoms with Crippen molar-refractivity contribution in [1.29, 1.82) is 0 Å². The smallest absolute Gasteiger partial charge is 0.229 e. The molecule has 168 valence electrons. The zero-order valence-corrected chi connectivity index (χ0v) is 18.4. The second-order valence-electron chi connectivity index (χ2n) is 8.19. The van der Waals surface area contributed by atoms with E-state index in [1.165, 1.54) is 0 Å². The Labute approximate surface area is 190 Å². The van der Waals surface area contributed by atoms with Gasteiger partial charge in [-0.2, -0.15) is 5.10 Å². The number of methoxy groups -OCH3 is 1. The quantitative estimate of drug-likeness (QED) is 0.494. The zero-order chi connectivity index (χ0) is 22.9. The van der Waals surface area contributed by atoms with Crippen LogP contribution >= 0.6 is 0 Å². The molecule has 5 rings (SSSR count). The summed E-state index contributed by atoms with van der Waals surface area (Å²) in [5.41, 5.74) is 4.03. The van der Waals surface area contributed by atoms with Crippen molar-refractivity contribution >= 4 is 28.8 Å². The summed E-state index contributed by atoms with van der Waals surface area (Å²) in [6.45, 7) is 2.75. The van der Waals surface area contributed by atoms with Gasteiger partial charge in [-0.25, -0.2) is 4.98 Å². The van der Waals surface area contributed by atoms with Gasteiger partial charge in [0.05, 0.1) is 42.8 Å². The normalized spacial score (nSPS) is 15.9. The lowest BCUT2D eigenvalue weighted by Gasteiger charge is -2.20. The molecule has 1 saturated heterocycles. The Hall–Kier alpha value is -4.14. The number of aromatic nitrogens is 4. The number of amides is 2. The maximum Gasteiger partial charge on any atom is 0.229 e. The molecule has 0 spiro atoms. The molecule has 9 heteroatoms. The monoisotopic (exact) mass is 444 g/mol. The molecule has 1 N–H and O–H groups in total. The van der Waals surface area contributed by atoms with Gasteiger partial charge in [0.15, 0.2) is 0 Å². The summed E-state index contributed by atoms with van der Waals surface area (Å²) in [6.07, 6.45) is 7.41. The fourth-order valence-corrected chi connectivity index (χ4v) is 4.12. The number of pyridine rings is 1. The number of hydrogen-bond donors (Lipinski definition) is 1. The number of benzene rings is 1. The average Bonchev–Trinajstić information content (AvgIpc) is 3.52. The summed E-state index contributed by atoms with van der Waals surface area (Å²) < 4.78 is 9.09. The van der Waals surface area contributed by atoms with Crippen LogP contribution in [-0.2, 0) is 16.1 Å². The minimum atomic E-state index is -0.454. The molecule has 0 aliphatic carbocycles. The number of aryl methyl sites for hydroxylation is 1. The summed E-state index contributed by atoms with van der Waals surface area (Å²) in [6, 6.07) is 11.5. The third-order valence-electron chi connectivity index (χ3n) is 5.76. The topological polar surface area (TPSA) is 93.8 Å². The Morgan fingerprint density at radius 3 is 2.94 bits per heavy atom. The van der Waals surface area contributed by atoms with E-state index in [-0.39, 0.29) is 18.2 Å². The standard InChI is InChI=1S/C24H24N6O3/c1-16-6-7-21(33-2)20(9-16)30-12-17(10-23(30)31)24(32)27-18-11-25-29(14-18)15-19-13-28-8-4-3-5-22(28)26-19/h3-9,11,13-14,17H,10,12,15H2,1-2H3,(H,27,32). The molecule has 0 saturated carbocycles. The molecule has 4 aromatic rings. The van der Waals surface area contributed by atoms with Crippen LogP contribution in [0.4, 0.5) is 11.4 Å². The molecule has 3 aromatic heterocycles. The minimum Gasteiger partial charge on any atom is -0.495 e. The van der Waals surface area contributed by atoms with Gasteiger partial charge >= 0.3 is 0 Å². The molecule has 9 nitrogen and oxygen atoms in total. The Morgan fingerprint density at radius 1 is 1.24 bits per heavy atom. The van der Waals surface area contributed by atoms with Crippen molar-refractivity contribution in [1.82, 2.24) is 19.2 Å². The van der Waals surface area contributed by atoms with E-state index < -0.39 is 5.92 Å². The number of ether oxygens (including phenoxy) is 1. The van der Waals surface area contributed by atoms with Crippen LogP contribution in [0.5, 0.6) is 5.75 Å². The van der Waals surface area contributed by atoms with Crippen molar-refractivity contribution < 1.29 is 14.3 Å². The van der Waals surface area contributed by atoms with Crippen molar-refractivity contribution in [3.8, 4) is 5.75 Å². The molecule has 4 heterocycles. The summed E-state index contributed by atoms with van der Waals surface area (Å²) in [7, 11) is 1.57. The van der Waals surface area contributed by atoms with Gasteiger partial charge in [-0.15, -0.1) is 0 Å². The van der Waals surface area contributed by atoms with E-state index in [9.17, 15) is 9.59 Å². The van der Waals surface area contributed by atoms with E-state index in [1.807, 2.05) is 60.1 Å². The highest BCUT2D eigenvalue weighted by molar-refractivity contribution is 6.04. The van der Waals surface area contributed by atoms with Gasteiger partial charge in [0, 0.05) is 31.6 Å². The third-order valence-corrected chi connectivity index (χ3v) is 5.76. The predicted octanol–water partition coefficient (Wildman–Crippen LogP) is 2.89. The summed E-state index contributed by atoms with van der Waals surface area (Å²) >= 11 is 0. The molecular weight excluding hydrogens is 420 g/mol. The van der Waals surface area contributed by atoms with Gasteiger partial charge in [0.2, 0.25) is 11.8 Å². The molecule has 1 aliphatic heterocycles. The van der Waals surface area contributed by atoms with Crippen LogP contribution < -0.4 is 15.0 Å². The highest BCUT2D eigenvalue weighted by Gasteiger charge is 2.36. The van der Waals surface area contributed by atoms with Crippen LogP contribution in [0, 0.1) is 12.8 Å². The number of fused-ring (bicyclic) bond motifs is 1. The minimum absolute atomic E-state index is 0.0957. The maximum absolute atomic E-state index is 12.9. The molecule has 0 bridgehead atoms. The lowest BCUT2D eigenvalue weighted by molar-refractivity contribution is -0.122. The fraction of sp³-hybridized carbons (Fsp3) is 0.250. The van der Waals surface area contributed by atoms with Crippen molar-refractivity contribution in [2.45, 2.75) is 19.9 Å². The number of hydrogen-bond acceptors (Lipinski definition) is 5. The Balaban J connectivity index is 1.24. The van der Waals surface area contributed by atoms with E-state index in [0.29, 0.717) is 30.2 Å². The summed E-state index contributed by atoms with van der Waals surface area (Å²) in [4.78, 5) is 31.7. The van der Waals surface area contributed by atoms with Crippen molar-refractivity contribution in [2.75, 3.05) is 23.9 Å². The molecule has 2 amide bonds. The molecule has 33 heavy (non-hydrogen) atoms. The van der Waals surface area contributed by atoms with Crippen LogP contribution in [0.25, 0.3) is 5.65 Å². The maximum atomic E-state index is 12.9. The molecule has 1 fully saturated rings. The lowest BCUT2D eigenvalue weighted by atomic mass is 10.1. The summed E-state index contributed by atoms with van der Waals surface area (Å²) in [5.74, 6) is -0.140. The van der Waals surface area contributed by atoms with Crippen molar-refractivity contribution in [3.63, 3.8) is 0 Å². The molecule has 1 aliphatic rings. The Kier molecular flexibility index (Phi) is 5.29. The first-order valence-electron chi connectivity index (χ1n) is 10.7. The third kappa shape index (κ3) is 4.17. The van der Waals surface area contributed by atoms with Crippen LogP contribution in [-0.4, -0.2) is 44.6 Å². The van der Waals surface area contributed by atoms with E-state index in [4.69, 9.17) is 4.74 Å². The first-order valence-corrected chi connectivity index (χ1v) is 10.7. The largest absolute Gasteiger partial charge is 0.495 e. The number of nitrogens with one attached hydrogen (secondary N) is 1. The highest BCUT2D eigenvalue weighted by atomic mass is 16.5. The molecule has 1 aromatic carbocycles. The molecule has 1 unspecified atom stereocenters. The number of carbonyl (C=O) groups excluding carboxylic acids is 2. The van der Waals surface area contributed by atoms with Crippen LogP contribution in [0.1, 0.15) is 17.7 Å². The second kappa shape index (κ2) is 8.42. The fourth-order valence-electron chi connectivity index (χ4n) is 4.12. The number of nitrogens with zero attached hydrogens (tertiary/aromatic N) is 5. The average molecular weight is 444 g/mol. The van der Waals surface area contributed by atoms with Gasteiger partial charge in [-0.1, -0.05) is 12.1 Å². The lowest BCUT2D eigenvalue weighted by Crippen LogP contribution is -2.28. The van der Waals surface area contributed by atoms with Crippen LogP contribution in [0.15, 0.2) is 61.2 Å². The first-order chi connectivity index (χ1) is 16.0. The second-order valence-corrected chi connectivity index (χ2v) is 8.19. The zero-order valence-electron chi connectivity index (χ0n) is 18.4. The number of rotatable bonds is 6. The number of imidazole rings is 1. The summed E-state index contributed by atoms with van der Waals surface area (Å²) in [5, 5.41) is 7.22. The van der Waals surface area contributed by atoms with Gasteiger partial charge in [0.25, 0.3) is 0 Å². The SMILES string of the molecule is COc1ccc(C)cc1N1CC(C(=O)Nc2cnn(Cc3cn4ccccc4n3)c2)CC1=O.